The molecule has 0 amide bonds. The molecule has 0 N–H and O–H groups in total. The Kier molecular flexibility index (Phi) is 1.92. The van der Waals surface area contributed by atoms with Crippen LogP contribution in [0, 0.1) is 0 Å². The topological polar surface area (TPSA) is 25.8 Å². The minimum Gasteiger partial charge on any atom is -0.244 e. The average Bonchev–Trinajstić information content (AvgIpc) is 2.68. The van der Waals surface area contributed by atoms with Gasteiger partial charge in [-0.3, -0.25) is 0 Å². The van der Waals surface area contributed by atoms with E-state index in [9.17, 15) is 0 Å². The molecule has 0 fully saturated rings. The summed E-state index contributed by atoms with van der Waals surface area (Å²) in [5.74, 6) is 0. The molecule has 0 radical (unpaired) electrons. The van der Waals surface area contributed by atoms with Crippen molar-refractivity contribution >= 4 is 10.9 Å². The maximum Gasteiger partial charge on any atom is 0.116 e. The van der Waals surface area contributed by atoms with Crippen LogP contribution in [0.5, 0.6) is 0 Å². The van der Waals surface area contributed by atoms with Crippen LogP contribution in [0.1, 0.15) is 25.0 Å². The number of nitrogens with zero attached hydrogens (tertiary/aromatic N) is 2. The van der Waals surface area contributed by atoms with Crippen molar-refractivity contribution in [2.45, 2.75) is 19.3 Å². The zero-order valence-electron chi connectivity index (χ0n) is 11.0. The van der Waals surface area contributed by atoms with Crippen molar-refractivity contribution in [1.82, 2.24) is 9.97 Å². The molecule has 0 aliphatic heterocycles. The summed E-state index contributed by atoms with van der Waals surface area (Å²) in [6.45, 7) is 4.56. The van der Waals surface area contributed by atoms with E-state index >= 15 is 0 Å². The Morgan fingerprint density at radius 3 is 2.68 bits per heavy atom. The highest BCUT2D eigenvalue weighted by Crippen LogP contribution is 2.50. The van der Waals surface area contributed by atoms with Gasteiger partial charge in [-0.25, -0.2) is 9.97 Å². The monoisotopic (exact) mass is 246 g/mol. The summed E-state index contributed by atoms with van der Waals surface area (Å²) in [6, 6.07) is 13.0. The molecule has 0 saturated heterocycles. The first-order valence-corrected chi connectivity index (χ1v) is 6.52. The summed E-state index contributed by atoms with van der Waals surface area (Å²) in [4.78, 5) is 8.63. The third-order valence-corrected chi connectivity index (χ3v) is 4.22. The van der Waals surface area contributed by atoms with Crippen molar-refractivity contribution in [3.8, 4) is 11.1 Å². The normalized spacial score (nSPS) is 15.3. The van der Waals surface area contributed by atoms with Gasteiger partial charge < -0.3 is 0 Å². The maximum atomic E-state index is 4.51. The first kappa shape index (κ1) is 10.7. The minimum atomic E-state index is 0.0467. The van der Waals surface area contributed by atoms with Gasteiger partial charge >= 0.3 is 0 Å². The molecule has 1 aliphatic carbocycles. The highest BCUT2D eigenvalue weighted by molar-refractivity contribution is 5.99. The molecule has 4 rings (SSSR count). The van der Waals surface area contributed by atoms with Crippen molar-refractivity contribution in [2.24, 2.45) is 0 Å². The first-order chi connectivity index (χ1) is 9.19. The minimum absolute atomic E-state index is 0.0467. The molecule has 0 atom stereocenters. The molecule has 2 aromatic carbocycles. The van der Waals surface area contributed by atoms with Crippen LogP contribution in [0.2, 0.25) is 0 Å². The molecule has 2 nitrogen and oxygen atoms in total. The van der Waals surface area contributed by atoms with Crippen molar-refractivity contribution in [3.05, 3.63) is 60.0 Å². The number of hydrogen-bond acceptors (Lipinski definition) is 2. The molecule has 0 bridgehead atoms. The molecule has 0 saturated carbocycles. The zero-order chi connectivity index (χ0) is 13.0. The molecule has 1 heterocycles. The fourth-order valence-electron chi connectivity index (χ4n) is 3.24. The number of aromatic nitrogens is 2. The number of rotatable bonds is 0. The Morgan fingerprint density at radius 2 is 1.79 bits per heavy atom. The smallest absolute Gasteiger partial charge is 0.116 e. The van der Waals surface area contributed by atoms with Gasteiger partial charge in [0, 0.05) is 22.6 Å². The molecule has 3 aromatic rings. The van der Waals surface area contributed by atoms with Crippen LogP contribution >= 0.6 is 0 Å². The standard InChI is InChI=1S/C17H14N2/c1-17(2)13-6-4-3-5-12(13)15-14(17)8-7-11-9-18-10-19-16(11)15/h3-10H,1-2H3. The van der Waals surface area contributed by atoms with E-state index in [0.29, 0.717) is 0 Å². The van der Waals surface area contributed by atoms with Gasteiger partial charge in [-0.05, 0) is 16.7 Å². The van der Waals surface area contributed by atoms with Gasteiger partial charge in [-0.1, -0.05) is 50.2 Å². The van der Waals surface area contributed by atoms with E-state index in [1.807, 2.05) is 6.20 Å². The summed E-state index contributed by atoms with van der Waals surface area (Å²) in [5, 5.41) is 1.11. The van der Waals surface area contributed by atoms with Crippen molar-refractivity contribution in [3.63, 3.8) is 0 Å². The van der Waals surface area contributed by atoms with E-state index in [4.69, 9.17) is 0 Å². The molecule has 1 aromatic heterocycles. The number of hydrogen-bond donors (Lipinski definition) is 0. The van der Waals surface area contributed by atoms with Crippen LogP contribution < -0.4 is 0 Å². The second-order valence-electron chi connectivity index (χ2n) is 5.62. The van der Waals surface area contributed by atoms with Gasteiger partial charge in [-0.15, -0.1) is 0 Å². The lowest BCUT2D eigenvalue weighted by Gasteiger charge is -2.21. The molecule has 0 unspecified atom stereocenters. The maximum absolute atomic E-state index is 4.51. The van der Waals surface area contributed by atoms with E-state index in [0.717, 1.165) is 10.9 Å². The van der Waals surface area contributed by atoms with Crippen LogP contribution in [-0.4, -0.2) is 9.97 Å². The van der Waals surface area contributed by atoms with Gasteiger partial charge in [0.1, 0.15) is 6.33 Å². The molecule has 1 aliphatic rings. The van der Waals surface area contributed by atoms with E-state index in [-0.39, 0.29) is 5.41 Å². The lowest BCUT2D eigenvalue weighted by Crippen LogP contribution is -2.14. The van der Waals surface area contributed by atoms with Gasteiger partial charge in [0.2, 0.25) is 0 Å². The van der Waals surface area contributed by atoms with Crippen molar-refractivity contribution in [2.75, 3.05) is 0 Å². The fraction of sp³-hybridized carbons (Fsp3) is 0.176. The predicted octanol–water partition coefficient (Wildman–Crippen LogP) is 3.94. The summed E-state index contributed by atoms with van der Waals surface area (Å²) < 4.78 is 0. The second-order valence-corrected chi connectivity index (χ2v) is 5.62. The fourth-order valence-corrected chi connectivity index (χ4v) is 3.24. The quantitative estimate of drug-likeness (QED) is 0.600. The lowest BCUT2D eigenvalue weighted by atomic mass is 9.82. The molecule has 2 heteroatoms. The van der Waals surface area contributed by atoms with Crippen molar-refractivity contribution in [1.29, 1.82) is 0 Å². The second kappa shape index (κ2) is 3.41. The average molecular weight is 246 g/mol. The van der Waals surface area contributed by atoms with E-state index in [1.165, 1.54) is 22.3 Å². The lowest BCUT2D eigenvalue weighted by molar-refractivity contribution is 0.661. The highest BCUT2D eigenvalue weighted by Gasteiger charge is 2.36. The van der Waals surface area contributed by atoms with Crippen molar-refractivity contribution < 1.29 is 0 Å². The first-order valence-electron chi connectivity index (χ1n) is 6.52. The molecule has 19 heavy (non-hydrogen) atoms. The Labute approximate surface area is 112 Å². The third kappa shape index (κ3) is 1.26. The summed E-state index contributed by atoms with van der Waals surface area (Å²) >= 11 is 0. The molecular weight excluding hydrogens is 232 g/mol. The van der Waals surface area contributed by atoms with Crippen LogP contribution in [0.15, 0.2) is 48.9 Å². The third-order valence-electron chi connectivity index (χ3n) is 4.22. The van der Waals surface area contributed by atoms with Crippen LogP contribution in [-0.2, 0) is 5.41 Å². The van der Waals surface area contributed by atoms with Gasteiger partial charge in [-0.2, -0.15) is 0 Å². The predicted molar refractivity (Wildman–Crippen MR) is 77.1 cm³/mol. The number of fused-ring (bicyclic) bond motifs is 5. The molecule has 0 spiro atoms. The SMILES string of the molecule is CC1(C)c2ccccc2-c2c1ccc1cncnc21. The van der Waals surface area contributed by atoms with Crippen LogP contribution in [0.4, 0.5) is 0 Å². The molecule has 92 valence electrons. The summed E-state index contributed by atoms with van der Waals surface area (Å²) in [6.07, 6.45) is 3.52. The van der Waals surface area contributed by atoms with Crippen LogP contribution in [0.25, 0.3) is 22.0 Å². The summed E-state index contributed by atoms with van der Waals surface area (Å²) in [5.41, 5.74) is 6.44. The van der Waals surface area contributed by atoms with Gasteiger partial charge in [0.05, 0.1) is 5.52 Å². The van der Waals surface area contributed by atoms with E-state index < -0.39 is 0 Å². The van der Waals surface area contributed by atoms with E-state index in [2.05, 4.69) is 60.2 Å². The van der Waals surface area contributed by atoms with Gasteiger partial charge in [0.25, 0.3) is 0 Å². The van der Waals surface area contributed by atoms with Crippen LogP contribution in [0.3, 0.4) is 0 Å². The number of benzene rings is 2. The summed E-state index contributed by atoms with van der Waals surface area (Å²) in [7, 11) is 0. The Hall–Kier alpha value is -2.22. The van der Waals surface area contributed by atoms with Gasteiger partial charge in [0.15, 0.2) is 0 Å². The Morgan fingerprint density at radius 1 is 0.947 bits per heavy atom. The molecular formula is C17H14N2. The Balaban J connectivity index is 2.22. The Bertz CT molecular complexity index is 803. The highest BCUT2D eigenvalue weighted by atomic mass is 14.8. The largest absolute Gasteiger partial charge is 0.244 e. The van der Waals surface area contributed by atoms with E-state index in [1.54, 1.807) is 6.33 Å². The zero-order valence-corrected chi connectivity index (χ0v) is 11.0.